The minimum absolute atomic E-state index is 0.0454. The lowest BCUT2D eigenvalue weighted by Crippen LogP contribution is -2.55. The van der Waals surface area contributed by atoms with Gasteiger partial charge in [-0.25, -0.2) is 4.79 Å². The summed E-state index contributed by atoms with van der Waals surface area (Å²) >= 11 is 5.85. The second-order valence-corrected chi connectivity index (χ2v) is 9.97. The van der Waals surface area contributed by atoms with Gasteiger partial charge in [-0.1, -0.05) is 50.6 Å². The van der Waals surface area contributed by atoms with Gasteiger partial charge in [0.1, 0.15) is 6.04 Å². The van der Waals surface area contributed by atoms with Gasteiger partial charge in [0.15, 0.2) is 0 Å². The lowest BCUT2D eigenvalue weighted by molar-refractivity contribution is -0.142. The summed E-state index contributed by atoms with van der Waals surface area (Å²) in [6, 6.07) is 8.72. The first kappa shape index (κ1) is 29.8. The van der Waals surface area contributed by atoms with Gasteiger partial charge in [0.25, 0.3) is 0 Å². The number of nitrogens with two attached hydrogens (primary N) is 1. The smallest absolute Gasteiger partial charge is 0.326 e. The molecule has 0 aromatic heterocycles. The van der Waals surface area contributed by atoms with Crippen molar-refractivity contribution in [1.29, 1.82) is 0 Å². The number of hydrogen-bond acceptors (Lipinski definition) is 7. The van der Waals surface area contributed by atoms with E-state index >= 15 is 0 Å². The monoisotopic (exact) mass is 498 g/mol. The molecule has 0 heterocycles. The number of thiol groups is 1. The number of thioether (sulfide) groups is 1. The van der Waals surface area contributed by atoms with E-state index in [1.165, 1.54) is 0 Å². The van der Waals surface area contributed by atoms with Crippen molar-refractivity contribution in [2.75, 3.05) is 30.9 Å². The Morgan fingerprint density at radius 2 is 1.91 bits per heavy atom. The fourth-order valence-electron chi connectivity index (χ4n) is 3.48. The van der Waals surface area contributed by atoms with Crippen molar-refractivity contribution in [1.82, 2.24) is 15.5 Å². The SMILES string of the molecule is CC[C@H](C)[C@H](CN(Cc1ccccc1)[C@H](C)C(=O)N[C@@H](CCSC)C(=O)O)NC[C@@H](N)CS. The van der Waals surface area contributed by atoms with E-state index in [2.05, 4.69) is 42.0 Å². The third-order valence-electron chi connectivity index (χ3n) is 6.02. The minimum Gasteiger partial charge on any atom is -0.480 e. The molecule has 0 radical (unpaired) electrons. The van der Waals surface area contributed by atoms with Crippen LogP contribution in [0.4, 0.5) is 0 Å². The first-order valence-electron chi connectivity index (χ1n) is 11.6. The van der Waals surface area contributed by atoms with E-state index in [9.17, 15) is 14.7 Å². The van der Waals surface area contributed by atoms with Crippen molar-refractivity contribution in [2.45, 2.75) is 64.3 Å². The third-order valence-corrected chi connectivity index (χ3v) is 7.13. The molecule has 7 nitrogen and oxygen atoms in total. The van der Waals surface area contributed by atoms with Crippen LogP contribution in [0.2, 0.25) is 0 Å². The van der Waals surface area contributed by atoms with Gasteiger partial charge >= 0.3 is 5.97 Å². The minimum atomic E-state index is -1.00. The van der Waals surface area contributed by atoms with Gasteiger partial charge in [-0.3, -0.25) is 9.69 Å². The summed E-state index contributed by atoms with van der Waals surface area (Å²) in [7, 11) is 0. The van der Waals surface area contributed by atoms with E-state index in [4.69, 9.17) is 5.73 Å². The zero-order valence-corrected chi connectivity index (χ0v) is 22.1. The highest BCUT2D eigenvalue weighted by Crippen LogP contribution is 2.15. The first-order valence-corrected chi connectivity index (χ1v) is 13.7. The van der Waals surface area contributed by atoms with Crippen molar-refractivity contribution in [3.63, 3.8) is 0 Å². The van der Waals surface area contributed by atoms with Crippen molar-refractivity contribution < 1.29 is 14.7 Å². The Kier molecular flexibility index (Phi) is 14.8. The van der Waals surface area contributed by atoms with E-state index in [1.54, 1.807) is 11.8 Å². The van der Waals surface area contributed by atoms with Crippen LogP contribution in [-0.4, -0.2) is 76.9 Å². The average molecular weight is 499 g/mol. The molecule has 5 atom stereocenters. The zero-order chi connectivity index (χ0) is 24.8. The van der Waals surface area contributed by atoms with E-state index in [1.807, 2.05) is 43.5 Å². The molecule has 0 aliphatic rings. The number of carbonyl (C=O) groups is 2. The number of benzene rings is 1. The van der Waals surface area contributed by atoms with E-state index in [-0.39, 0.29) is 18.0 Å². The van der Waals surface area contributed by atoms with Crippen LogP contribution >= 0.6 is 24.4 Å². The predicted octanol–water partition coefficient (Wildman–Crippen LogP) is 2.46. The van der Waals surface area contributed by atoms with Crippen LogP contribution in [0.5, 0.6) is 0 Å². The zero-order valence-electron chi connectivity index (χ0n) is 20.4. The Morgan fingerprint density at radius 1 is 1.24 bits per heavy atom. The van der Waals surface area contributed by atoms with Gasteiger partial charge in [0, 0.05) is 37.5 Å². The fourth-order valence-corrected chi connectivity index (χ4v) is 4.08. The average Bonchev–Trinajstić information content (AvgIpc) is 2.82. The summed E-state index contributed by atoms with van der Waals surface area (Å²) in [4.78, 5) is 26.9. The number of aliphatic carboxylic acids is 1. The number of carboxylic acids is 1. The van der Waals surface area contributed by atoms with Crippen molar-refractivity contribution in [2.24, 2.45) is 11.7 Å². The third kappa shape index (κ3) is 11.1. The number of hydrogen-bond donors (Lipinski definition) is 5. The molecule has 9 heteroatoms. The second-order valence-electron chi connectivity index (χ2n) is 8.61. The summed E-state index contributed by atoms with van der Waals surface area (Å²) in [6.07, 6.45) is 3.31. The van der Waals surface area contributed by atoms with Gasteiger partial charge in [0.05, 0.1) is 6.04 Å². The summed E-state index contributed by atoms with van der Waals surface area (Å²) in [5.41, 5.74) is 7.18. The summed E-state index contributed by atoms with van der Waals surface area (Å²) < 4.78 is 0. The Hall–Kier alpha value is -1.26. The highest BCUT2D eigenvalue weighted by molar-refractivity contribution is 7.98. The summed E-state index contributed by atoms with van der Waals surface area (Å²) in [6.45, 7) is 8.06. The Morgan fingerprint density at radius 3 is 2.45 bits per heavy atom. The number of nitrogens with zero attached hydrogens (tertiary/aromatic N) is 1. The predicted molar refractivity (Wildman–Crippen MR) is 142 cm³/mol. The molecule has 0 unspecified atom stereocenters. The molecule has 1 rings (SSSR count). The van der Waals surface area contributed by atoms with Crippen molar-refractivity contribution >= 4 is 36.3 Å². The lowest BCUT2D eigenvalue weighted by Gasteiger charge is -2.35. The van der Waals surface area contributed by atoms with Crippen LogP contribution in [0.3, 0.4) is 0 Å². The van der Waals surface area contributed by atoms with Crippen molar-refractivity contribution in [3.05, 3.63) is 35.9 Å². The van der Waals surface area contributed by atoms with Gasteiger partial charge in [-0.15, -0.1) is 0 Å². The van der Waals surface area contributed by atoms with E-state index < -0.39 is 18.1 Å². The molecule has 0 fully saturated rings. The van der Waals surface area contributed by atoms with Crippen LogP contribution in [-0.2, 0) is 16.1 Å². The molecule has 1 amide bonds. The van der Waals surface area contributed by atoms with Crippen LogP contribution in [0.15, 0.2) is 30.3 Å². The lowest BCUT2D eigenvalue weighted by atomic mass is 9.97. The highest BCUT2D eigenvalue weighted by Gasteiger charge is 2.29. The maximum Gasteiger partial charge on any atom is 0.326 e. The molecule has 5 N–H and O–H groups in total. The number of nitrogens with one attached hydrogen (secondary N) is 2. The Labute approximate surface area is 209 Å². The van der Waals surface area contributed by atoms with Gasteiger partial charge in [-0.2, -0.15) is 24.4 Å². The second kappa shape index (κ2) is 16.4. The maximum atomic E-state index is 13.1. The largest absolute Gasteiger partial charge is 0.480 e. The molecule has 0 bridgehead atoms. The summed E-state index contributed by atoms with van der Waals surface area (Å²) in [5, 5.41) is 15.9. The molecule has 1 aromatic carbocycles. The number of carbonyl (C=O) groups excluding carboxylic acids is 1. The molecule has 0 spiro atoms. The van der Waals surface area contributed by atoms with Crippen molar-refractivity contribution in [3.8, 4) is 0 Å². The Bertz CT molecular complexity index is 696. The summed E-state index contributed by atoms with van der Waals surface area (Å²) in [5.74, 6) is 0.372. The standard InChI is InChI=1S/C24H42N4O3S2/c1-5-17(2)22(26-13-20(25)16-32)15-28(14-19-9-7-6-8-10-19)18(3)23(29)27-21(24(30)31)11-12-33-4/h6-10,17-18,20-22,26,32H,5,11-16,25H2,1-4H3,(H,27,29)(H,30,31)/t17-,18+,20+,21-,22-/m0/s1. The quantitative estimate of drug-likeness (QED) is 0.210. The molecule has 33 heavy (non-hydrogen) atoms. The molecule has 1 aromatic rings. The van der Waals surface area contributed by atoms with Crippen LogP contribution in [0.1, 0.15) is 39.2 Å². The normalized spacial score (nSPS) is 16.1. The molecule has 0 aliphatic heterocycles. The number of rotatable bonds is 17. The highest BCUT2D eigenvalue weighted by atomic mass is 32.2. The first-order chi connectivity index (χ1) is 15.7. The van der Waals surface area contributed by atoms with Crippen LogP contribution in [0, 0.1) is 5.92 Å². The van der Waals surface area contributed by atoms with Gasteiger partial charge in [-0.05, 0) is 36.8 Å². The molecular weight excluding hydrogens is 456 g/mol. The fraction of sp³-hybridized carbons (Fsp3) is 0.667. The van der Waals surface area contributed by atoms with Crippen LogP contribution < -0.4 is 16.4 Å². The van der Waals surface area contributed by atoms with Gasteiger partial charge in [0.2, 0.25) is 5.91 Å². The number of carboxylic acid groups (broad SMARTS) is 1. The molecule has 0 saturated heterocycles. The Balaban J connectivity index is 3.05. The molecular formula is C24H42N4O3S2. The van der Waals surface area contributed by atoms with E-state index in [0.717, 1.165) is 12.0 Å². The van der Waals surface area contributed by atoms with Gasteiger partial charge < -0.3 is 21.5 Å². The topological polar surface area (TPSA) is 108 Å². The van der Waals surface area contributed by atoms with Crippen LogP contribution in [0.25, 0.3) is 0 Å². The molecule has 188 valence electrons. The number of amides is 1. The molecule has 0 aliphatic carbocycles. The van der Waals surface area contributed by atoms with E-state index in [0.29, 0.717) is 43.5 Å². The molecule has 0 saturated carbocycles. The maximum absolute atomic E-state index is 13.1.